The van der Waals surface area contributed by atoms with Crippen molar-refractivity contribution >= 4 is 57.5 Å². The second kappa shape index (κ2) is 12.6. The second-order valence-corrected chi connectivity index (χ2v) is 10.1. The summed E-state index contributed by atoms with van der Waals surface area (Å²) in [6, 6.07) is 29.7. The Morgan fingerprint density at radius 2 is 1.67 bits per heavy atom. The van der Waals surface area contributed by atoms with Crippen LogP contribution in [0.2, 0.25) is 10.0 Å². The number of anilines is 2. The van der Waals surface area contributed by atoms with E-state index in [9.17, 15) is 4.79 Å². The number of hydrazone groups is 1. The van der Waals surface area contributed by atoms with Gasteiger partial charge in [-0.15, -0.1) is 11.3 Å². The summed E-state index contributed by atoms with van der Waals surface area (Å²) in [5, 5.41) is 11.4. The molecule has 0 spiro atoms. The lowest BCUT2D eigenvalue weighted by Gasteiger charge is -2.10. The molecule has 0 radical (unpaired) electrons. The van der Waals surface area contributed by atoms with Gasteiger partial charge in [0.25, 0.3) is 5.91 Å². The van der Waals surface area contributed by atoms with Crippen molar-refractivity contribution in [3.63, 3.8) is 0 Å². The summed E-state index contributed by atoms with van der Waals surface area (Å²) >= 11 is 13.6. The molecule has 0 saturated carbocycles. The van der Waals surface area contributed by atoms with Gasteiger partial charge in [-0.2, -0.15) is 5.10 Å². The minimum atomic E-state index is -0.340. The van der Waals surface area contributed by atoms with Gasteiger partial charge in [-0.1, -0.05) is 65.7 Å². The van der Waals surface area contributed by atoms with Gasteiger partial charge in [-0.05, 0) is 60.2 Å². The molecule has 0 aliphatic carbocycles. The number of benzene rings is 4. The van der Waals surface area contributed by atoms with Gasteiger partial charge in [0.2, 0.25) is 0 Å². The van der Waals surface area contributed by atoms with E-state index in [1.54, 1.807) is 30.3 Å². The van der Waals surface area contributed by atoms with Crippen molar-refractivity contribution in [3.05, 3.63) is 129 Å². The quantitative estimate of drug-likeness (QED) is 0.138. The molecule has 1 amide bonds. The summed E-state index contributed by atoms with van der Waals surface area (Å²) < 4.78 is 5.94. The third-order valence-corrected chi connectivity index (χ3v) is 6.87. The average molecular weight is 574 g/mol. The van der Waals surface area contributed by atoms with Crippen molar-refractivity contribution in [1.82, 2.24) is 10.4 Å². The predicted molar refractivity (Wildman–Crippen MR) is 160 cm³/mol. The third-order valence-electron chi connectivity index (χ3n) is 5.62. The molecule has 0 aliphatic rings. The summed E-state index contributed by atoms with van der Waals surface area (Å²) in [7, 11) is 0. The summed E-state index contributed by atoms with van der Waals surface area (Å²) in [5.74, 6) is 0.245. The van der Waals surface area contributed by atoms with Crippen molar-refractivity contribution < 1.29 is 9.53 Å². The number of nitrogens with one attached hydrogen (secondary N) is 2. The van der Waals surface area contributed by atoms with E-state index >= 15 is 0 Å². The fraction of sp³-hybridized carbons (Fsp3) is 0.0333. The lowest BCUT2D eigenvalue weighted by atomic mass is 10.1. The highest BCUT2D eigenvalue weighted by Crippen LogP contribution is 2.27. The van der Waals surface area contributed by atoms with E-state index in [2.05, 4.69) is 20.8 Å². The molecule has 0 fully saturated rings. The molecule has 0 saturated heterocycles. The van der Waals surface area contributed by atoms with Crippen LogP contribution in [0.1, 0.15) is 21.5 Å². The maximum Gasteiger partial charge on any atom is 0.271 e. The fourth-order valence-electron chi connectivity index (χ4n) is 3.62. The largest absolute Gasteiger partial charge is 0.488 e. The number of halogens is 2. The topological polar surface area (TPSA) is 75.6 Å². The van der Waals surface area contributed by atoms with E-state index in [-0.39, 0.29) is 5.91 Å². The highest BCUT2D eigenvalue weighted by Gasteiger charge is 2.09. The van der Waals surface area contributed by atoms with Crippen molar-refractivity contribution in [2.75, 3.05) is 5.32 Å². The Bertz CT molecular complexity index is 1590. The SMILES string of the molecule is O=C(N/N=C\c1cc(Cl)ccc1OCc1ccc(Cl)cc1)c1ccc(-c2csc(Nc3ccccc3)n2)cc1. The molecule has 0 unspecified atom stereocenters. The number of para-hydroxylation sites is 1. The van der Waals surface area contributed by atoms with Crippen molar-refractivity contribution in [2.45, 2.75) is 6.61 Å². The van der Waals surface area contributed by atoms with Crippen LogP contribution in [-0.2, 0) is 6.61 Å². The Labute approximate surface area is 239 Å². The molecule has 1 aromatic heterocycles. The third kappa shape index (κ3) is 7.23. The van der Waals surface area contributed by atoms with E-state index in [0.717, 1.165) is 27.6 Å². The number of thiazole rings is 1. The number of ether oxygens (including phenoxy) is 1. The van der Waals surface area contributed by atoms with Gasteiger partial charge >= 0.3 is 0 Å². The maximum atomic E-state index is 12.7. The van der Waals surface area contributed by atoms with Crippen LogP contribution in [0.15, 0.2) is 108 Å². The minimum Gasteiger partial charge on any atom is -0.488 e. The molecule has 5 rings (SSSR count). The molecule has 5 aromatic rings. The molecular formula is C30H22Cl2N4O2S. The molecule has 2 N–H and O–H groups in total. The number of amides is 1. The fourth-order valence-corrected chi connectivity index (χ4v) is 4.67. The van der Waals surface area contributed by atoms with Crippen LogP contribution in [0.25, 0.3) is 11.3 Å². The summed E-state index contributed by atoms with van der Waals surface area (Å²) in [6.07, 6.45) is 1.51. The number of carbonyl (C=O) groups excluding carboxylic acids is 1. The van der Waals surface area contributed by atoms with Gasteiger partial charge in [0.05, 0.1) is 11.9 Å². The molecule has 194 valence electrons. The zero-order chi connectivity index (χ0) is 27.0. The van der Waals surface area contributed by atoms with E-state index in [1.165, 1.54) is 17.6 Å². The number of carbonyl (C=O) groups is 1. The second-order valence-electron chi connectivity index (χ2n) is 8.40. The van der Waals surface area contributed by atoms with E-state index < -0.39 is 0 Å². The van der Waals surface area contributed by atoms with Crippen LogP contribution in [0, 0.1) is 0 Å². The Hall–Kier alpha value is -4.17. The Balaban J connectivity index is 1.20. The highest BCUT2D eigenvalue weighted by molar-refractivity contribution is 7.14. The Morgan fingerprint density at radius 1 is 0.923 bits per heavy atom. The van der Waals surface area contributed by atoms with E-state index in [0.29, 0.717) is 33.5 Å². The van der Waals surface area contributed by atoms with Crippen LogP contribution in [-0.4, -0.2) is 17.1 Å². The predicted octanol–water partition coefficient (Wildman–Crippen LogP) is 8.20. The molecule has 39 heavy (non-hydrogen) atoms. The zero-order valence-corrected chi connectivity index (χ0v) is 22.8. The zero-order valence-electron chi connectivity index (χ0n) is 20.5. The molecule has 0 aliphatic heterocycles. The van der Waals surface area contributed by atoms with Crippen LogP contribution in [0.5, 0.6) is 5.75 Å². The number of hydrogen-bond acceptors (Lipinski definition) is 6. The molecule has 0 bridgehead atoms. The first-order valence-corrected chi connectivity index (χ1v) is 13.6. The molecule has 1 heterocycles. The van der Waals surface area contributed by atoms with Gasteiger partial charge in [0.1, 0.15) is 12.4 Å². The smallest absolute Gasteiger partial charge is 0.271 e. The van der Waals surface area contributed by atoms with Gasteiger partial charge in [-0.3, -0.25) is 4.79 Å². The molecular weight excluding hydrogens is 551 g/mol. The standard InChI is InChI=1S/C30H22Cl2N4O2S/c31-24-12-6-20(7-13-24)18-38-28-15-14-25(32)16-23(28)17-33-36-29(37)22-10-8-21(9-11-22)27-19-39-30(35-27)34-26-4-2-1-3-5-26/h1-17,19H,18H2,(H,34,35)(H,36,37)/b33-17-. The molecule has 4 aromatic carbocycles. The van der Waals surface area contributed by atoms with Gasteiger partial charge in [-0.25, -0.2) is 10.4 Å². The number of hydrogen-bond donors (Lipinski definition) is 2. The Morgan fingerprint density at radius 3 is 2.44 bits per heavy atom. The van der Waals surface area contributed by atoms with Gasteiger partial charge in [0.15, 0.2) is 5.13 Å². The van der Waals surface area contributed by atoms with E-state index in [1.807, 2.05) is 72.1 Å². The first-order chi connectivity index (χ1) is 19.0. The number of nitrogens with zero attached hydrogens (tertiary/aromatic N) is 2. The lowest BCUT2D eigenvalue weighted by molar-refractivity contribution is 0.0955. The summed E-state index contributed by atoms with van der Waals surface area (Å²) in [6.45, 7) is 0.348. The van der Waals surface area contributed by atoms with Crippen molar-refractivity contribution in [1.29, 1.82) is 0 Å². The number of aromatic nitrogens is 1. The van der Waals surface area contributed by atoms with E-state index in [4.69, 9.17) is 27.9 Å². The molecule has 6 nitrogen and oxygen atoms in total. The minimum absolute atomic E-state index is 0.340. The van der Waals surface area contributed by atoms with Crippen LogP contribution < -0.4 is 15.5 Å². The Kier molecular flexibility index (Phi) is 8.53. The van der Waals surface area contributed by atoms with Crippen molar-refractivity contribution in [2.24, 2.45) is 5.10 Å². The van der Waals surface area contributed by atoms with Gasteiger partial charge in [0, 0.05) is 37.8 Å². The molecule has 9 heteroatoms. The van der Waals surface area contributed by atoms with Gasteiger partial charge < -0.3 is 10.1 Å². The monoisotopic (exact) mass is 572 g/mol. The summed E-state index contributed by atoms with van der Waals surface area (Å²) in [5.41, 5.74) is 7.35. The maximum absolute atomic E-state index is 12.7. The first-order valence-electron chi connectivity index (χ1n) is 11.9. The van der Waals surface area contributed by atoms with Crippen molar-refractivity contribution in [3.8, 4) is 17.0 Å². The average Bonchev–Trinajstić information content (AvgIpc) is 3.42. The van der Waals surface area contributed by atoms with Crippen LogP contribution in [0.4, 0.5) is 10.8 Å². The highest BCUT2D eigenvalue weighted by atomic mass is 35.5. The lowest BCUT2D eigenvalue weighted by Crippen LogP contribution is -2.17. The van der Waals surface area contributed by atoms with Crippen LogP contribution >= 0.6 is 34.5 Å². The first kappa shape index (κ1) is 26.4. The number of rotatable bonds is 9. The summed E-state index contributed by atoms with van der Waals surface area (Å²) in [4.78, 5) is 17.3. The van der Waals surface area contributed by atoms with Crippen LogP contribution in [0.3, 0.4) is 0 Å². The normalized spacial score (nSPS) is 10.9. The molecule has 0 atom stereocenters.